The molecule has 0 aliphatic heterocycles. The molecule has 1 aromatic rings. The van der Waals surface area contributed by atoms with E-state index in [-0.39, 0.29) is 30.1 Å². The minimum absolute atomic E-state index is 0. The van der Waals surface area contributed by atoms with Crippen molar-refractivity contribution in [3.05, 3.63) is 29.8 Å². The lowest BCUT2D eigenvalue weighted by atomic mass is 10.0. The van der Waals surface area contributed by atoms with Gasteiger partial charge in [0.25, 0.3) is 5.91 Å². The van der Waals surface area contributed by atoms with E-state index in [0.717, 1.165) is 6.42 Å². The summed E-state index contributed by atoms with van der Waals surface area (Å²) < 4.78 is 25.9. The number of benzene rings is 1. The molecule has 138 valence electrons. The second kappa shape index (κ2) is 10.5. The van der Waals surface area contributed by atoms with Gasteiger partial charge in [0.05, 0.1) is 5.75 Å². The van der Waals surface area contributed by atoms with Gasteiger partial charge in [-0.2, -0.15) is 0 Å². The highest BCUT2D eigenvalue weighted by molar-refractivity contribution is 7.92. The second-order valence-corrected chi connectivity index (χ2v) is 7.88. The average molecular weight is 378 g/mol. The third-order valence-corrected chi connectivity index (χ3v) is 4.76. The Morgan fingerprint density at radius 3 is 2.25 bits per heavy atom. The molecule has 1 atom stereocenters. The molecule has 0 bridgehead atoms. The summed E-state index contributed by atoms with van der Waals surface area (Å²) in [4.78, 5) is 12.2. The molecule has 1 aromatic carbocycles. The number of carbonyl (C=O) groups is 1. The molecule has 0 aliphatic rings. The lowest BCUT2D eigenvalue weighted by Gasteiger charge is -2.19. The summed E-state index contributed by atoms with van der Waals surface area (Å²) in [6.45, 7) is 6.34. The molecule has 6 nitrogen and oxygen atoms in total. The smallest absolute Gasteiger partial charge is 0.251 e. The molecule has 24 heavy (non-hydrogen) atoms. The topological polar surface area (TPSA) is 101 Å². The zero-order valence-corrected chi connectivity index (χ0v) is 16.0. The fourth-order valence-electron chi connectivity index (χ4n) is 2.24. The number of sulfonamides is 1. The molecule has 0 saturated carbocycles. The minimum Gasteiger partial charge on any atom is -0.348 e. The number of nitrogens with one attached hydrogen (secondary N) is 2. The standard InChI is InChI=1S/C16H27N3O3S.ClH/c1-4-9-23(21,22)19-14-7-5-13(6-8-14)16(20)18-15(11-17)10-12(2)3;/h5-8,12,15,19H,4,9-11,17H2,1-3H3,(H,18,20);1H. The van der Waals surface area contributed by atoms with Crippen molar-refractivity contribution in [3.63, 3.8) is 0 Å². The minimum atomic E-state index is -3.32. The molecular formula is C16H28ClN3O3S. The van der Waals surface area contributed by atoms with Crippen LogP contribution in [0.4, 0.5) is 5.69 Å². The summed E-state index contributed by atoms with van der Waals surface area (Å²) in [6.07, 6.45) is 1.36. The van der Waals surface area contributed by atoms with Crippen LogP contribution in [0, 0.1) is 5.92 Å². The van der Waals surface area contributed by atoms with Gasteiger partial charge in [-0.3, -0.25) is 9.52 Å². The zero-order chi connectivity index (χ0) is 17.5. The molecule has 0 heterocycles. The number of rotatable bonds is 9. The lowest BCUT2D eigenvalue weighted by Crippen LogP contribution is -2.41. The third-order valence-electron chi connectivity index (χ3n) is 3.27. The van der Waals surface area contributed by atoms with Gasteiger partial charge in [0.2, 0.25) is 10.0 Å². The maximum atomic E-state index is 12.2. The van der Waals surface area contributed by atoms with Crippen molar-refractivity contribution in [1.82, 2.24) is 5.32 Å². The van der Waals surface area contributed by atoms with Gasteiger partial charge in [0.1, 0.15) is 0 Å². The van der Waals surface area contributed by atoms with Crippen LogP contribution in [0.5, 0.6) is 0 Å². The van der Waals surface area contributed by atoms with Crippen LogP contribution in [0.3, 0.4) is 0 Å². The van der Waals surface area contributed by atoms with Crippen molar-refractivity contribution in [1.29, 1.82) is 0 Å². The van der Waals surface area contributed by atoms with Crippen molar-refractivity contribution in [2.45, 2.75) is 39.7 Å². The number of hydrogen-bond donors (Lipinski definition) is 3. The van der Waals surface area contributed by atoms with Crippen molar-refractivity contribution in [2.24, 2.45) is 11.7 Å². The summed E-state index contributed by atoms with van der Waals surface area (Å²) in [7, 11) is -3.32. The van der Waals surface area contributed by atoms with E-state index in [0.29, 0.717) is 30.1 Å². The largest absolute Gasteiger partial charge is 0.348 e. The summed E-state index contributed by atoms with van der Waals surface area (Å²) >= 11 is 0. The van der Waals surface area contributed by atoms with Crippen LogP contribution >= 0.6 is 12.4 Å². The van der Waals surface area contributed by atoms with E-state index >= 15 is 0 Å². The molecule has 0 spiro atoms. The van der Waals surface area contributed by atoms with Crippen LogP contribution in [-0.4, -0.2) is 32.7 Å². The molecule has 1 rings (SSSR count). The van der Waals surface area contributed by atoms with Gasteiger partial charge in [-0.15, -0.1) is 12.4 Å². The van der Waals surface area contributed by atoms with Crippen LogP contribution in [0.1, 0.15) is 44.0 Å². The highest BCUT2D eigenvalue weighted by Gasteiger charge is 2.14. The predicted octanol–water partition coefficient (Wildman–Crippen LogP) is 2.36. The average Bonchev–Trinajstić information content (AvgIpc) is 2.46. The van der Waals surface area contributed by atoms with E-state index in [1.54, 1.807) is 31.2 Å². The highest BCUT2D eigenvalue weighted by atomic mass is 35.5. The van der Waals surface area contributed by atoms with Gasteiger partial charge < -0.3 is 11.1 Å². The monoisotopic (exact) mass is 377 g/mol. The number of carbonyl (C=O) groups excluding carboxylic acids is 1. The number of amides is 1. The van der Waals surface area contributed by atoms with Crippen LogP contribution in [-0.2, 0) is 10.0 Å². The first kappa shape index (κ1) is 22.7. The first-order chi connectivity index (χ1) is 10.8. The Hall–Kier alpha value is -1.31. The molecule has 1 amide bonds. The molecule has 0 saturated heterocycles. The Labute approximate surface area is 151 Å². The molecule has 8 heteroatoms. The van der Waals surface area contributed by atoms with Gasteiger partial charge in [-0.05, 0) is 43.0 Å². The Bertz CT molecular complexity index is 603. The van der Waals surface area contributed by atoms with E-state index in [9.17, 15) is 13.2 Å². The Kier molecular flexibility index (Phi) is 9.96. The first-order valence-electron chi connectivity index (χ1n) is 7.89. The summed E-state index contributed by atoms with van der Waals surface area (Å²) in [5.41, 5.74) is 6.61. The SMILES string of the molecule is CCCS(=O)(=O)Nc1ccc(C(=O)NC(CN)CC(C)C)cc1.Cl. The Morgan fingerprint density at radius 1 is 1.21 bits per heavy atom. The molecule has 0 radical (unpaired) electrons. The number of nitrogens with two attached hydrogens (primary N) is 1. The van der Waals surface area contributed by atoms with Crippen LogP contribution in [0.15, 0.2) is 24.3 Å². The van der Waals surface area contributed by atoms with Gasteiger partial charge in [0.15, 0.2) is 0 Å². The van der Waals surface area contributed by atoms with E-state index < -0.39 is 10.0 Å². The summed E-state index contributed by atoms with van der Waals surface area (Å²) in [6, 6.07) is 6.30. The van der Waals surface area contributed by atoms with Gasteiger partial charge in [-0.25, -0.2) is 8.42 Å². The van der Waals surface area contributed by atoms with E-state index in [1.807, 2.05) is 0 Å². The molecular weight excluding hydrogens is 350 g/mol. The molecule has 1 unspecified atom stereocenters. The van der Waals surface area contributed by atoms with E-state index in [2.05, 4.69) is 23.9 Å². The number of hydrogen-bond acceptors (Lipinski definition) is 4. The fourth-order valence-corrected chi connectivity index (χ4v) is 3.38. The summed E-state index contributed by atoms with van der Waals surface area (Å²) in [5, 5.41) is 2.90. The second-order valence-electron chi connectivity index (χ2n) is 6.03. The Morgan fingerprint density at radius 2 is 1.79 bits per heavy atom. The quantitative estimate of drug-likeness (QED) is 0.614. The molecule has 0 aliphatic carbocycles. The van der Waals surface area contributed by atoms with E-state index in [1.165, 1.54) is 0 Å². The van der Waals surface area contributed by atoms with Crippen molar-refractivity contribution in [2.75, 3.05) is 17.0 Å². The predicted molar refractivity (Wildman–Crippen MR) is 101 cm³/mol. The van der Waals surface area contributed by atoms with Gasteiger partial charge in [-0.1, -0.05) is 20.8 Å². The number of halogens is 1. The van der Waals surface area contributed by atoms with Crippen molar-refractivity contribution >= 4 is 34.0 Å². The molecule has 0 fully saturated rings. The van der Waals surface area contributed by atoms with Crippen molar-refractivity contribution in [3.8, 4) is 0 Å². The molecule has 4 N–H and O–H groups in total. The van der Waals surface area contributed by atoms with E-state index in [4.69, 9.17) is 5.73 Å². The van der Waals surface area contributed by atoms with Crippen LogP contribution in [0.25, 0.3) is 0 Å². The van der Waals surface area contributed by atoms with Gasteiger partial charge in [0, 0.05) is 23.8 Å². The van der Waals surface area contributed by atoms with Crippen LogP contribution in [0.2, 0.25) is 0 Å². The normalized spacial score (nSPS) is 12.4. The highest BCUT2D eigenvalue weighted by Crippen LogP contribution is 2.12. The molecule has 0 aromatic heterocycles. The summed E-state index contributed by atoms with van der Waals surface area (Å²) in [5.74, 6) is 0.311. The fraction of sp³-hybridized carbons (Fsp3) is 0.562. The lowest BCUT2D eigenvalue weighted by molar-refractivity contribution is 0.0934. The maximum Gasteiger partial charge on any atom is 0.251 e. The first-order valence-corrected chi connectivity index (χ1v) is 9.54. The number of anilines is 1. The third kappa shape index (κ3) is 7.99. The van der Waals surface area contributed by atoms with Gasteiger partial charge >= 0.3 is 0 Å². The Balaban J connectivity index is 0.00000529. The van der Waals surface area contributed by atoms with Crippen LogP contribution < -0.4 is 15.8 Å². The zero-order valence-electron chi connectivity index (χ0n) is 14.4. The van der Waals surface area contributed by atoms with Crippen molar-refractivity contribution < 1.29 is 13.2 Å². The maximum absolute atomic E-state index is 12.2.